The van der Waals surface area contributed by atoms with E-state index in [9.17, 15) is 9.90 Å². The SMILES string of the molecule is CCCCCCc1cccc(C(O)(CCO)NC(C)=O)n1. The first-order chi connectivity index (χ1) is 10.0. The molecule has 0 fully saturated rings. The molecule has 118 valence electrons. The van der Waals surface area contributed by atoms with Crippen LogP contribution in [-0.4, -0.2) is 27.7 Å². The van der Waals surface area contributed by atoms with Crippen molar-refractivity contribution in [1.82, 2.24) is 10.3 Å². The van der Waals surface area contributed by atoms with E-state index in [1.54, 1.807) is 6.07 Å². The van der Waals surface area contributed by atoms with Crippen molar-refractivity contribution in [3.05, 3.63) is 29.6 Å². The lowest BCUT2D eigenvalue weighted by Crippen LogP contribution is -2.46. The number of pyridine rings is 1. The fourth-order valence-corrected chi connectivity index (χ4v) is 2.29. The number of aromatic nitrogens is 1. The molecule has 1 amide bonds. The molecule has 0 saturated carbocycles. The third kappa shape index (κ3) is 5.81. The van der Waals surface area contributed by atoms with Gasteiger partial charge in [-0.15, -0.1) is 0 Å². The van der Waals surface area contributed by atoms with Gasteiger partial charge in [-0.25, -0.2) is 0 Å². The van der Waals surface area contributed by atoms with Gasteiger partial charge < -0.3 is 15.5 Å². The highest BCUT2D eigenvalue weighted by Crippen LogP contribution is 2.21. The lowest BCUT2D eigenvalue weighted by Gasteiger charge is -2.27. The van der Waals surface area contributed by atoms with E-state index in [0.29, 0.717) is 5.69 Å². The molecular formula is C16H26N2O3. The smallest absolute Gasteiger partial charge is 0.219 e. The number of nitrogens with one attached hydrogen (secondary N) is 1. The van der Waals surface area contributed by atoms with E-state index < -0.39 is 5.72 Å². The summed E-state index contributed by atoms with van der Waals surface area (Å²) in [6.45, 7) is 3.26. The van der Waals surface area contributed by atoms with Gasteiger partial charge in [0.15, 0.2) is 5.72 Å². The van der Waals surface area contributed by atoms with E-state index in [1.807, 2.05) is 12.1 Å². The number of carbonyl (C=O) groups excluding carboxylic acids is 1. The van der Waals surface area contributed by atoms with Crippen LogP contribution in [0.4, 0.5) is 0 Å². The summed E-state index contributed by atoms with van der Waals surface area (Å²) in [7, 11) is 0. The third-order valence-corrected chi connectivity index (χ3v) is 3.37. The van der Waals surface area contributed by atoms with Crippen LogP contribution in [0.15, 0.2) is 18.2 Å². The maximum atomic E-state index is 11.3. The predicted octanol–water partition coefficient (Wildman–Crippen LogP) is 1.87. The summed E-state index contributed by atoms with van der Waals surface area (Å²) in [6, 6.07) is 5.41. The van der Waals surface area contributed by atoms with Crippen LogP contribution < -0.4 is 5.32 Å². The van der Waals surface area contributed by atoms with Crippen LogP contribution in [0.25, 0.3) is 0 Å². The molecule has 5 nitrogen and oxygen atoms in total. The highest BCUT2D eigenvalue weighted by atomic mass is 16.3. The quantitative estimate of drug-likeness (QED) is 0.479. The summed E-state index contributed by atoms with van der Waals surface area (Å²) in [5.74, 6) is -0.360. The van der Waals surface area contributed by atoms with Gasteiger partial charge in [-0.2, -0.15) is 0 Å². The number of unbranched alkanes of at least 4 members (excludes halogenated alkanes) is 3. The third-order valence-electron chi connectivity index (χ3n) is 3.37. The van der Waals surface area contributed by atoms with Crippen molar-refractivity contribution in [3.8, 4) is 0 Å². The topological polar surface area (TPSA) is 82.5 Å². The Bertz CT molecular complexity index is 451. The largest absolute Gasteiger partial charge is 0.396 e. The lowest BCUT2D eigenvalue weighted by atomic mass is 10.0. The molecule has 0 saturated heterocycles. The molecule has 0 aliphatic rings. The molecule has 0 aromatic carbocycles. The second-order valence-electron chi connectivity index (χ2n) is 5.34. The number of amides is 1. The van der Waals surface area contributed by atoms with Crippen LogP contribution in [-0.2, 0) is 16.9 Å². The fraction of sp³-hybridized carbons (Fsp3) is 0.625. The number of nitrogens with zero attached hydrogens (tertiary/aromatic N) is 1. The van der Waals surface area contributed by atoms with E-state index in [1.165, 1.54) is 19.8 Å². The van der Waals surface area contributed by atoms with Crippen LogP contribution in [0.5, 0.6) is 0 Å². The molecule has 5 heteroatoms. The molecule has 0 aliphatic carbocycles. The summed E-state index contributed by atoms with van der Waals surface area (Å²) in [5.41, 5.74) is -0.343. The number of hydrogen-bond donors (Lipinski definition) is 3. The van der Waals surface area contributed by atoms with E-state index in [4.69, 9.17) is 5.11 Å². The molecule has 0 bridgehead atoms. The van der Waals surface area contributed by atoms with Gasteiger partial charge in [0.1, 0.15) is 0 Å². The van der Waals surface area contributed by atoms with Crippen LogP contribution >= 0.6 is 0 Å². The van der Waals surface area contributed by atoms with Gasteiger partial charge >= 0.3 is 0 Å². The normalized spacial score (nSPS) is 13.7. The first-order valence-corrected chi connectivity index (χ1v) is 7.60. The van der Waals surface area contributed by atoms with Crippen molar-refractivity contribution >= 4 is 5.91 Å². The van der Waals surface area contributed by atoms with Gasteiger partial charge in [-0.1, -0.05) is 32.3 Å². The van der Waals surface area contributed by atoms with Gasteiger partial charge in [0.05, 0.1) is 5.69 Å². The molecule has 1 rings (SSSR count). The minimum atomic E-state index is -1.61. The summed E-state index contributed by atoms with van der Waals surface area (Å²) in [4.78, 5) is 15.7. The Labute approximate surface area is 126 Å². The minimum Gasteiger partial charge on any atom is -0.396 e. The van der Waals surface area contributed by atoms with Crippen LogP contribution in [0.1, 0.15) is 57.3 Å². The molecule has 0 spiro atoms. The number of carbonyl (C=O) groups is 1. The zero-order chi connectivity index (χ0) is 15.7. The molecule has 3 N–H and O–H groups in total. The van der Waals surface area contributed by atoms with E-state index in [2.05, 4.69) is 17.2 Å². The van der Waals surface area contributed by atoms with E-state index in [-0.39, 0.29) is 18.9 Å². The molecule has 1 aromatic rings. The predicted molar refractivity (Wildman–Crippen MR) is 81.5 cm³/mol. The molecule has 0 aliphatic heterocycles. The van der Waals surface area contributed by atoms with Gasteiger partial charge in [0.2, 0.25) is 5.91 Å². The first kappa shape index (κ1) is 17.6. The average molecular weight is 294 g/mol. The van der Waals surface area contributed by atoms with Crippen LogP contribution in [0, 0.1) is 0 Å². The Kier molecular flexibility index (Phi) is 7.32. The number of hydrogen-bond acceptors (Lipinski definition) is 4. The molecule has 0 radical (unpaired) electrons. The van der Waals surface area contributed by atoms with Gasteiger partial charge in [-0.05, 0) is 25.0 Å². The van der Waals surface area contributed by atoms with Crippen molar-refractivity contribution in [2.75, 3.05) is 6.61 Å². The molecule has 1 unspecified atom stereocenters. The first-order valence-electron chi connectivity index (χ1n) is 7.60. The van der Waals surface area contributed by atoms with Gasteiger partial charge in [0.25, 0.3) is 0 Å². The standard InChI is InChI=1S/C16H26N2O3/c1-3-4-5-6-8-14-9-7-10-15(17-14)16(21,11-12-19)18-13(2)20/h7,9-10,19,21H,3-6,8,11-12H2,1-2H3,(H,18,20). The Hall–Kier alpha value is -1.46. The number of rotatable bonds is 9. The maximum Gasteiger partial charge on any atom is 0.219 e. The Morgan fingerprint density at radius 3 is 2.71 bits per heavy atom. The van der Waals surface area contributed by atoms with E-state index in [0.717, 1.165) is 25.0 Å². The number of aryl methyl sites for hydroxylation is 1. The van der Waals surface area contributed by atoms with Crippen LogP contribution in [0.3, 0.4) is 0 Å². The molecule has 1 aromatic heterocycles. The van der Waals surface area contributed by atoms with Gasteiger partial charge in [-0.3, -0.25) is 9.78 Å². The summed E-state index contributed by atoms with van der Waals surface area (Å²) >= 11 is 0. The minimum absolute atomic E-state index is 0.0128. The molecule has 21 heavy (non-hydrogen) atoms. The molecule has 1 heterocycles. The van der Waals surface area contributed by atoms with Crippen molar-refractivity contribution in [3.63, 3.8) is 0 Å². The number of aliphatic hydroxyl groups excluding tert-OH is 1. The molecular weight excluding hydrogens is 268 g/mol. The Morgan fingerprint density at radius 1 is 1.33 bits per heavy atom. The Balaban J connectivity index is 2.81. The summed E-state index contributed by atoms with van der Waals surface area (Å²) in [5, 5.41) is 22.1. The van der Waals surface area contributed by atoms with Crippen LogP contribution in [0.2, 0.25) is 0 Å². The fourth-order valence-electron chi connectivity index (χ4n) is 2.29. The highest BCUT2D eigenvalue weighted by molar-refractivity contribution is 5.73. The second-order valence-corrected chi connectivity index (χ2v) is 5.34. The maximum absolute atomic E-state index is 11.3. The summed E-state index contributed by atoms with van der Waals surface area (Å²) in [6.07, 6.45) is 5.48. The van der Waals surface area contributed by atoms with E-state index >= 15 is 0 Å². The monoisotopic (exact) mass is 294 g/mol. The Morgan fingerprint density at radius 2 is 2.10 bits per heavy atom. The zero-order valence-corrected chi connectivity index (χ0v) is 12.9. The van der Waals surface area contributed by atoms with Crippen molar-refractivity contribution in [2.24, 2.45) is 0 Å². The average Bonchev–Trinajstić information content (AvgIpc) is 2.43. The summed E-state index contributed by atoms with van der Waals surface area (Å²) < 4.78 is 0. The highest BCUT2D eigenvalue weighted by Gasteiger charge is 2.31. The molecule has 1 atom stereocenters. The zero-order valence-electron chi connectivity index (χ0n) is 12.9. The van der Waals surface area contributed by atoms with Crippen molar-refractivity contribution in [2.45, 2.75) is 58.1 Å². The lowest BCUT2D eigenvalue weighted by molar-refractivity contribution is -0.128. The van der Waals surface area contributed by atoms with Crippen molar-refractivity contribution in [1.29, 1.82) is 0 Å². The number of aliphatic hydroxyl groups is 2. The van der Waals surface area contributed by atoms with Crippen molar-refractivity contribution < 1.29 is 15.0 Å². The van der Waals surface area contributed by atoms with Gasteiger partial charge in [0, 0.05) is 25.6 Å². The second kappa shape index (κ2) is 8.74.